The molecule has 2 aromatic heterocycles. The Morgan fingerprint density at radius 3 is 2.69 bits per heavy atom. The fourth-order valence-electron chi connectivity index (χ4n) is 2.53. The van der Waals surface area contributed by atoms with E-state index in [-0.39, 0.29) is 10.8 Å². The number of thioether (sulfide) groups is 1. The molecule has 0 aliphatic carbocycles. The smallest absolute Gasteiger partial charge is 0.257 e. The topological polar surface area (TPSA) is 118 Å². The second-order valence-corrected chi connectivity index (χ2v) is 10.2. The van der Waals surface area contributed by atoms with Gasteiger partial charge in [-0.1, -0.05) is 35.2 Å². The van der Waals surface area contributed by atoms with Gasteiger partial charge < -0.3 is 0 Å². The zero-order valence-corrected chi connectivity index (χ0v) is 17.6. The normalized spacial score (nSPS) is 11.6. The first-order valence-electron chi connectivity index (χ1n) is 8.37. The van der Waals surface area contributed by atoms with Crippen LogP contribution in [0.1, 0.15) is 15.9 Å². The molecule has 0 saturated carbocycles. The van der Waals surface area contributed by atoms with Crippen molar-refractivity contribution in [2.45, 2.75) is 15.8 Å². The molecule has 0 radical (unpaired) electrons. The van der Waals surface area contributed by atoms with Crippen LogP contribution in [0.5, 0.6) is 0 Å². The van der Waals surface area contributed by atoms with Crippen LogP contribution in [-0.4, -0.2) is 40.7 Å². The van der Waals surface area contributed by atoms with E-state index in [1.165, 1.54) is 35.5 Å². The van der Waals surface area contributed by atoms with Crippen LogP contribution in [0.15, 0.2) is 58.8 Å². The molecule has 0 unspecified atom stereocenters. The van der Waals surface area contributed by atoms with Crippen molar-refractivity contribution in [1.82, 2.24) is 20.2 Å². The minimum atomic E-state index is -3.29. The molecule has 11 heteroatoms. The molecule has 0 fully saturated rings. The third kappa shape index (κ3) is 4.63. The van der Waals surface area contributed by atoms with Gasteiger partial charge in [-0.15, -0.1) is 0 Å². The second kappa shape index (κ2) is 7.93. The summed E-state index contributed by atoms with van der Waals surface area (Å²) in [6, 6.07) is 12.0. The van der Waals surface area contributed by atoms with E-state index in [2.05, 4.69) is 25.5 Å². The highest BCUT2D eigenvalue weighted by Gasteiger charge is 2.13. The van der Waals surface area contributed by atoms with E-state index in [9.17, 15) is 13.2 Å². The Hall–Kier alpha value is -2.76. The molecule has 0 atom stereocenters. The third-order valence-corrected chi connectivity index (χ3v) is 6.98. The highest BCUT2D eigenvalue weighted by molar-refractivity contribution is 7.98. The largest absolute Gasteiger partial charge is 0.298 e. The first kappa shape index (κ1) is 19.6. The number of fused-ring (bicyclic) bond motifs is 1. The fourth-order valence-corrected chi connectivity index (χ4v) is 4.88. The summed E-state index contributed by atoms with van der Waals surface area (Å²) < 4.78 is 24.1. The predicted molar refractivity (Wildman–Crippen MR) is 113 cm³/mol. The van der Waals surface area contributed by atoms with E-state index in [4.69, 9.17) is 0 Å². The predicted octanol–water partition coefficient (Wildman–Crippen LogP) is 3.36. The molecule has 8 nitrogen and oxygen atoms in total. The summed E-state index contributed by atoms with van der Waals surface area (Å²) in [6.07, 6.45) is 2.62. The molecular formula is C18H15N5O3S3. The van der Waals surface area contributed by atoms with Crippen LogP contribution in [0, 0.1) is 0 Å². The summed E-state index contributed by atoms with van der Waals surface area (Å²) >= 11 is 2.75. The van der Waals surface area contributed by atoms with Crippen LogP contribution >= 0.6 is 23.1 Å². The first-order valence-corrected chi connectivity index (χ1v) is 12.1. The number of hydrogen-bond donors (Lipinski definition) is 2. The Labute approximate surface area is 174 Å². The van der Waals surface area contributed by atoms with Gasteiger partial charge in [0, 0.05) is 17.6 Å². The van der Waals surface area contributed by atoms with Crippen LogP contribution in [0.4, 0.5) is 5.13 Å². The summed E-state index contributed by atoms with van der Waals surface area (Å²) in [5.41, 5.74) is 2.20. The fraction of sp³-hybridized carbons (Fsp3) is 0.111. The second-order valence-electron chi connectivity index (χ2n) is 6.15. The van der Waals surface area contributed by atoms with Crippen LogP contribution < -0.4 is 5.32 Å². The van der Waals surface area contributed by atoms with Gasteiger partial charge in [-0.2, -0.15) is 5.10 Å². The number of thiazole rings is 1. The molecule has 0 bridgehead atoms. The highest BCUT2D eigenvalue weighted by atomic mass is 32.2. The van der Waals surface area contributed by atoms with Crippen LogP contribution in [0.3, 0.4) is 0 Å². The van der Waals surface area contributed by atoms with Gasteiger partial charge in [0.15, 0.2) is 20.1 Å². The Morgan fingerprint density at radius 2 is 2.00 bits per heavy atom. The van der Waals surface area contributed by atoms with Gasteiger partial charge in [0.25, 0.3) is 5.91 Å². The average molecular weight is 446 g/mol. The van der Waals surface area contributed by atoms with E-state index in [1.807, 2.05) is 12.1 Å². The number of aromatic nitrogens is 4. The Balaban J connectivity index is 1.44. The number of sulfone groups is 1. The van der Waals surface area contributed by atoms with Crippen LogP contribution in [-0.2, 0) is 15.6 Å². The van der Waals surface area contributed by atoms with Crippen molar-refractivity contribution in [2.75, 3.05) is 11.6 Å². The number of rotatable bonds is 6. The van der Waals surface area contributed by atoms with Crippen molar-refractivity contribution < 1.29 is 13.2 Å². The molecule has 0 saturated heterocycles. The number of aromatic amines is 1. The molecular weight excluding hydrogens is 430 g/mol. The number of carbonyl (C=O) groups excluding carboxylic acids is 1. The maximum atomic E-state index is 12.5. The monoisotopic (exact) mass is 445 g/mol. The van der Waals surface area contributed by atoms with E-state index in [0.717, 1.165) is 17.0 Å². The Bertz CT molecular complexity index is 1270. The third-order valence-electron chi connectivity index (χ3n) is 3.99. The maximum Gasteiger partial charge on any atom is 0.257 e. The molecule has 4 rings (SSSR count). The molecule has 0 spiro atoms. The van der Waals surface area contributed by atoms with Crippen molar-refractivity contribution in [3.63, 3.8) is 0 Å². The molecule has 148 valence electrons. The summed E-state index contributed by atoms with van der Waals surface area (Å²) in [7, 11) is -3.29. The Kier molecular flexibility index (Phi) is 5.35. The molecule has 4 aromatic rings. The zero-order chi connectivity index (χ0) is 20.4. The summed E-state index contributed by atoms with van der Waals surface area (Å²) in [6.45, 7) is 0. The lowest BCUT2D eigenvalue weighted by Gasteiger charge is -2.03. The number of hydrogen-bond acceptors (Lipinski definition) is 8. The van der Waals surface area contributed by atoms with Crippen molar-refractivity contribution in [3.8, 4) is 0 Å². The summed E-state index contributed by atoms with van der Waals surface area (Å²) in [5.74, 6) is 0.430. The maximum absolute atomic E-state index is 12.5. The lowest BCUT2D eigenvalue weighted by molar-refractivity contribution is 0.102. The van der Waals surface area contributed by atoms with Gasteiger partial charge in [-0.3, -0.25) is 15.2 Å². The molecule has 2 N–H and O–H groups in total. The minimum absolute atomic E-state index is 0.227. The number of amides is 1. The van der Waals surface area contributed by atoms with Crippen LogP contribution in [0.2, 0.25) is 0 Å². The van der Waals surface area contributed by atoms with Crippen molar-refractivity contribution in [1.29, 1.82) is 0 Å². The minimum Gasteiger partial charge on any atom is -0.298 e. The molecule has 29 heavy (non-hydrogen) atoms. The van der Waals surface area contributed by atoms with Gasteiger partial charge in [0.2, 0.25) is 0 Å². The molecule has 1 amide bonds. The van der Waals surface area contributed by atoms with Gasteiger partial charge in [-0.25, -0.2) is 18.4 Å². The molecule has 0 aliphatic heterocycles. The highest BCUT2D eigenvalue weighted by Crippen LogP contribution is 2.28. The van der Waals surface area contributed by atoms with Gasteiger partial charge in [0.05, 0.1) is 15.1 Å². The molecule has 2 heterocycles. The number of benzene rings is 2. The van der Waals surface area contributed by atoms with E-state index >= 15 is 0 Å². The molecule has 2 aromatic carbocycles. The van der Waals surface area contributed by atoms with Crippen molar-refractivity contribution in [3.05, 3.63) is 59.9 Å². The standard InChI is InChI=1S/C18H15N5O3S3/c1-29(25,26)13-6-7-14-15(8-13)28-18(21-14)22-16(24)12-4-2-11(3-5-12)9-27-17-19-10-20-23-17/h2-8,10H,9H2,1H3,(H,19,20,23)(H,21,22,24). The SMILES string of the molecule is CS(=O)(=O)c1ccc2nc(NC(=O)c3ccc(CSc4ncn[nH]4)cc3)sc2c1. The number of anilines is 1. The number of nitrogens with zero attached hydrogens (tertiary/aromatic N) is 3. The lowest BCUT2D eigenvalue weighted by atomic mass is 10.1. The van der Waals surface area contributed by atoms with E-state index in [0.29, 0.717) is 26.7 Å². The van der Waals surface area contributed by atoms with Gasteiger partial charge in [0.1, 0.15) is 6.33 Å². The first-order chi connectivity index (χ1) is 13.9. The van der Waals surface area contributed by atoms with Gasteiger partial charge >= 0.3 is 0 Å². The average Bonchev–Trinajstić information content (AvgIpc) is 3.34. The van der Waals surface area contributed by atoms with E-state index in [1.54, 1.807) is 24.3 Å². The van der Waals surface area contributed by atoms with Crippen molar-refractivity contribution >= 4 is 54.2 Å². The Morgan fingerprint density at radius 1 is 1.21 bits per heavy atom. The number of carbonyl (C=O) groups is 1. The lowest BCUT2D eigenvalue weighted by Crippen LogP contribution is -2.11. The van der Waals surface area contributed by atoms with Crippen molar-refractivity contribution in [2.24, 2.45) is 0 Å². The number of H-pyrrole nitrogens is 1. The zero-order valence-electron chi connectivity index (χ0n) is 15.1. The molecule has 0 aliphatic rings. The quantitative estimate of drug-likeness (QED) is 0.437. The van der Waals surface area contributed by atoms with Crippen LogP contribution in [0.25, 0.3) is 10.2 Å². The summed E-state index contributed by atoms with van der Waals surface area (Å²) in [5, 5.41) is 10.5. The van der Waals surface area contributed by atoms with Gasteiger partial charge in [-0.05, 0) is 35.9 Å². The van der Waals surface area contributed by atoms with E-state index < -0.39 is 9.84 Å². The summed E-state index contributed by atoms with van der Waals surface area (Å²) in [4.78, 5) is 21.1. The number of nitrogens with one attached hydrogen (secondary N) is 2.